The second-order valence-corrected chi connectivity index (χ2v) is 10.7. The second kappa shape index (κ2) is 9.05. The smallest absolute Gasteiger partial charge is 0.395 e. The lowest BCUT2D eigenvalue weighted by Crippen LogP contribution is -2.46. The van der Waals surface area contributed by atoms with Gasteiger partial charge in [0, 0.05) is 32.2 Å². The third-order valence-electron chi connectivity index (χ3n) is 6.27. The summed E-state index contributed by atoms with van der Waals surface area (Å²) in [6.07, 6.45) is -3.14. The quantitative estimate of drug-likeness (QED) is 0.612. The van der Waals surface area contributed by atoms with Crippen LogP contribution in [0.3, 0.4) is 0 Å². The van der Waals surface area contributed by atoms with Gasteiger partial charge in [-0.1, -0.05) is 6.92 Å². The van der Waals surface area contributed by atoms with E-state index in [1.54, 1.807) is 25.8 Å². The van der Waals surface area contributed by atoms with Crippen molar-refractivity contribution in [3.63, 3.8) is 0 Å². The lowest BCUT2D eigenvalue weighted by atomic mass is 10.0. The van der Waals surface area contributed by atoms with Crippen LogP contribution in [0.2, 0.25) is 0 Å². The Morgan fingerprint density at radius 1 is 1.26 bits per heavy atom. The van der Waals surface area contributed by atoms with E-state index in [0.29, 0.717) is 30.6 Å². The highest BCUT2D eigenvalue weighted by Gasteiger charge is 2.43. The fourth-order valence-electron chi connectivity index (χ4n) is 4.18. The van der Waals surface area contributed by atoms with Gasteiger partial charge in [0.15, 0.2) is 11.5 Å². The summed E-state index contributed by atoms with van der Waals surface area (Å²) in [7, 11) is -1.88. The first-order chi connectivity index (χ1) is 16.5. The van der Waals surface area contributed by atoms with Gasteiger partial charge in [0.1, 0.15) is 6.07 Å². The van der Waals surface area contributed by atoms with Gasteiger partial charge in [-0.3, -0.25) is 9.78 Å². The molecule has 0 unspecified atom stereocenters. The molecule has 0 radical (unpaired) electrons. The second-order valence-electron chi connectivity index (χ2n) is 8.41. The Morgan fingerprint density at radius 2 is 1.91 bits per heavy atom. The van der Waals surface area contributed by atoms with Crippen molar-refractivity contribution in [2.45, 2.75) is 38.2 Å². The van der Waals surface area contributed by atoms with E-state index in [1.165, 1.54) is 28.6 Å². The zero-order valence-corrected chi connectivity index (χ0v) is 20.2. The number of rotatable bonds is 5. The van der Waals surface area contributed by atoms with Crippen molar-refractivity contribution in [1.82, 2.24) is 14.2 Å². The van der Waals surface area contributed by atoms with Gasteiger partial charge in [0.2, 0.25) is 10.0 Å². The van der Waals surface area contributed by atoms with E-state index in [4.69, 9.17) is 0 Å². The fraction of sp³-hybridized carbons (Fsp3) is 0.435. The highest BCUT2D eigenvalue weighted by molar-refractivity contribution is 7.89. The lowest BCUT2D eigenvalue weighted by Gasteiger charge is -2.33. The zero-order chi connectivity index (χ0) is 25.5. The number of carbonyl (C=O) groups excluding carboxylic acids is 1. The molecule has 9 nitrogen and oxygen atoms in total. The zero-order valence-electron chi connectivity index (χ0n) is 19.4. The van der Waals surface area contributed by atoms with E-state index in [0.717, 1.165) is 0 Å². The van der Waals surface area contributed by atoms with Gasteiger partial charge >= 0.3 is 6.29 Å². The maximum Gasteiger partial charge on any atom is 0.586 e. The summed E-state index contributed by atoms with van der Waals surface area (Å²) in [6, 6.07) is 7.52. The maximum absolute atomic E-state index is 13.4. The summed E-state index contributed by atoms with van der Waals surface area (Å²) in [6.45, 7) is 4.29. The van der Waals surface area contributed by atoms with Gasteiger partial charge in [-0.15, -0.1) is 8.78 Å². The van der Waals surface area contributed by atoms with Crippen molar-refractivity contribution in [1.29, 1.82) is 5.26 Å². The minimum absolute atomic E-state index is 0.0895. The van der Waals surface area contributed by atoms with Crippen molar-refractivity contribution >= 4 is 15.9 Å². The number of amides is 1. The van der Waals surface area contributed by atoms with Gasteiger partial charge in [-0.25, -0.2) is 12.7 Å². The fourth-order valence-corrected chi connectivity index (χ4v) is 5.86. The third-order valence-corrected chi connectivity index (χ3v) is 8.71. The van der Waals surface area contributed by atoms with Gasteiger partial charge in [0.05, 0.1) is 27.8 Å². The number of pyridine rings is 1. The first-order valence-electron chi connectivity index (χ1n) is 11.0. The molecule has 186 valence electrons. The van der Waals surface area contributed by atoms with E-state index in [2.05, 4.69) is 14.5 Å². The van der Waals surface area contributed by atoms with Crippen LogP contribution in [-0.4, -0.2) is 66.7 Å². The number of hydrogen-bond donors (Lipinski definition) is 0. The SMILES string of the molecule is CCN(C)S(=O)(=O)C1CCN(C(=O)c2cc(C#N)c(-c3ccc4c(c3)OC(F)(F)O4)nc2C)CC1. The predicted molar refractivity (Wildman–Crippen MR) is 121 cm³/mol. The summed E-state index contributed by atoms with van der Waals surface area (Å²) in [5.41, 5.74) is 1.24. The summed E-state index contributed by atoms with van der Waals surface area (Å²) >= 11 is 0. The molecule has 3 heterocycles. The van der Waals surface area contributed by atoms with Gasteiger partial charge < -0.3 is 14.4 Å². The van der Waals surface area contributed by atoms with Crippen molar-refractivity contribution in [3.8, 4) is 28.8 Å². The molecule has 12 heteroatoms. The molecular weight excluding hydrogens is 482 g/mol. The summed E-state index contributed by atoms with van der Waals surface area (Å²) in [5.74, 6) is -0.651. The molecule has 1 saturated heterocycles. The van der Waals surface area contributed by atoms with Crippen molar-refractivity contribution < 1.29 is 31.5 Å². The van der Waals surface area contributed by atoms with Crippen LogP contribution < -0.4 is 9.47 Å². The Balaban J connectivity index is 1.56. The van der Waals surface area contributed by atoms with Crippen LogP contribution in [0.5, 0.6) is 11.5 Å². The number of aromatic nitrogens is 1. The molecule has 4 rings (SSSR count). The number of aryl methyl sites for hydroxylation is 1. The van der Waals surface area contributed by atoms with Crippen LogP contribution in [-0.2, 0) is 10.0 Å². The average molecular weight is 507 g/mol. The van der Waals surface area contributed by atoms with Crippen LogP contribution in [0.15, 0.2) is 24.3 Å². The van der Waals surface area contributed by atoms with E-state index in [-0.39, 0.29) is 47.3 Å². The van der Waals surface area contributed by atoms with Gasteiger partial charge in [-0.2, -0.15) is 5.26 Å². The normalized spacial score (nSPS) is 17.5. The molecule has 0 bridgehead atoms. The first kappa shape index (κ1) is 24.8. The summed E-state index contributed by atoms with van der Waals surface area (Å²) < 4.78 is 62.1. The monoisotopic (exact) mass is 506 g/mol. The van der Waals surface area contributed by atoms with Crippen LogP contribution in [0, 0.1) is 18.3 Å². The molecule has 1 aromatic carbocycles. The lowest BCUT2D eigenvalue weighted by molar-refractivity contribution is -0.286. The Labute approximate surface area is 201 Å². The molecule has 0 saturated carbocycles. The molecule has 1 amide bonds. The van der Waals surface area contributed by atoms with Crippen molar-refractivity contribution in [2.24, 2.45) is 0 Å². The van der Waals surface area contributed by atoms with E-state index in [9.17, 15) is 27.3 Å². The molecule has 0 aliphatic carbocycles. The number of hydrogen-bond acceptors (Lipinski definition) is 7. The number of alkyl halides is 2. The molecule has 0 N–H and O–H groups in total. The first-order valence-corrected chi connectivity index (χ1v) is 12.5. The largest absolute Gasteiger partial charge is 0.586 e. The molecule has 2 aliphatic rings. The maximum atomic E-state index is 13.4. The number of sulfonamides is 1. The number of carbonyl (C=O) groups is 1. The molecule has 2 aliphatic heterocycles. The number of nitriles is 1. The summed E-state index contributed by atoms with van der Waals surface area (Å²) in [5, 5.41) is 9.15. The predicted octanol–water partition coefficient (Wildman–Crippen LogP) is 3.14. The van der Waals surface area contributed by atoms with Crippen LogP contribution >= 0.6 is 0 Å². The highest BCUT2D eigenvalue weighted by atomic mass is 32.2. The Morgan fingerprint density at radius 3 is 2.54 bits per heavy atom. The standard InChI is InChI=1S/C23H24F2N4O5S/c1-4-28(3)35(31,32)17-7-9-29(10-8-17)22(30)18-11-16(13-26)21(27-14(18)2)15-5-6-19-20(12-15)34-23(24,25)33-19/h5-6,11-12,17H,4,7-10H2,1-3H3. The minimum atomic E-state index is -3.77. The number of halogens is 2. The number of benzene rings is 1. The topological polar surface area (TPSA) is 113 Å². The Hall–Kier alpha value is -3.30. The molecular formula is C23H24F2N4O5S. The number of ether oxygens (including phenoxy) is 2. The van der Waals surface area contributed by atoms with Crippen LogP contribution in [0.4, 0.5) is 8.78 Å². The van der Waals surface area contributed by atoms with E-state index in [1.807, 2.05) is 6.07 Å². The van der Waals surface area contributed by atoms with Gasteiger partial charge in [-0.05, 0) is 44.0 Å². The molecule has 1 fully saturated rings. The third kappa shape index (κ3) is 4.66. The van der Waals surface area contributed by atoms with E-state index < -0.39 is 21.6 Å². The minimum Gasteiger partial charge on any atom is -0.395 e. The molecule has 2 aromatic rings. The number of likely N-dealkylation sites (tertiary alicyclic amines) is 1. The van der Waals surface area contributed by atoms with Gasteiger partial charge in [0.25, 0.3) is 5.91 Å². The molecule has 0 atom stereocenters. The molecule has 1 aromatic heterocycles. The van der Waals surface area contributed by atoms with Crippen molar-refractivity contribution in [2.75, 3.05) is 26.7 Å². The Kier molecular flexibility index (Phi) is 6.42. The van der Waals surface area contributed by atoms with Crippen LogP contribution in [0.1, 0.15) is 41.4 Å². The summed E-state index contributed by atoms with van der Waals surface area (Å²) in [4.78, 5) is 19.2. The van der Waals surface area contributed by atoms with Crippen LogP contribution in [0.25, 0.3) is 11.3 Å². The number of fused-ring (bicyclic) bond motifs is 1. The highest BCUT2D eigenvalue weighted by Crippen LogP contribution is 2.43. The molecule has 35 heavy (non-hydrogen) atoms. The van der Waals surface area contributed by atoms with E-state index >= 15 is 0 Å². The van der Waals surface area contributed by atoms with Crippen molar-refractivity contribution in [3.05, 3.63) is 41.1 Å². The number of piperidine rings is 1. The number of nitrogens with zero attached hydrogens (tertiary/aromatic N) is 4. The molecule has 0 spiro atoms. The Bertz CT molecular complexity index is 1320. The average Bonchev–Trinajstić information content (AvgIpc) is 3.15.